The van der Waals surface area contributed by atoms with Crippen molar-refractivity contribution in [1.29, 1.82) is 0 Å². The smallest absolute Gasteiger partial charge is 0.167 e. The summed E-state index contributed by atoms with van der Waals surface area (Å²) in [5, 5.41) is 0. The fourth-order valence-electron chi connectivity index (χ4n) is 2.98. The van der Waals surface area contributed by atoms with Crippen molar-refractivity contribution in [2.24, 2.45) is 0 Å². The Balaban J connectivity index is 1.64. The Labute approximate surface area is 126 Å². The minimum atomic E-state index is -0.346. The molecule has 2 atom stereocenters. The number of fused-ring (bicyclic) bond motifs is 1. The zero-order valence-corrected chi connectivity index (χ0v) is 12.7. The van der Waals surface area contributed by atoms with E-state index in [-0.39, 0.29) is 24.1 Å². The number of hydrogen-bond acceptors (Lipinski definition) is 3. The molecule has 0 bridgehead atoms. The number of halogens is 2. The standard InChI is InChI=1S/C15H17BrFNO2/c16-13-7-11(17)4-3-10(13)6-14(19)15-8-18-5-1-2-12(18)9-20-15/h3-4,7,12,15H,1-2,5-6,8-9H2. The van der Waals surface area contributed by atoms with Gasteiger partial charge in [0.15, 0.2) is 5.78 Å². The molecular weight excluding hydrogens is 325 g/mol. The number of ether oxygens (including phenoxy) is 1. The number of rotatable bonds is 3. The highest BCUT2D eigenvalue weighted by Gasteiger charge is 2.35. The number of benzene rings is 1. The van der Waals surface area contributed by atoms with Gasteiger partial charge in [-0.25, -0.2) is 4.39 Å². The molecule has 0 spiro atoms. The van der Waals surface area contributed by atoms with Gasteiger partial charge in [-0.05, 0) is 37.1 Å². The normalized spacial score (nSPS) is 26.5. The van der Waals surface area contributed by atoms with E-state index in [0.717, 1.165) is 12.1 Å². The number of ketones is 1. The molecule has 108 valence electrons. The van der Waals surface area contributed by atoms with Crippen LogP contribution in [0.15, 0.2) is 22.7 Å². The van der Waals surface area contributed by atoms with Crippen molar-refractivity contribution in [2.45, 2.75) is 31.4 Å². The van der Waals surface area contributed by atoms with E-state index in [9.17, 15) is 9.18 Å². The van der Waals surface area contributed by atoms with Gasteiger partial charge in [0.1, 0.15) is 11.9 Å². The van der Waals surface area contributed by atoms with Crippen LogP contribution in [-0.2, 0) is 16.0 Å². The fraction of sp³-hybridized carbons (Fsp3) is 0.533. The summed E-state index contributed by atoms with van der Waals surface area (Å²) in [5.74, 6) is -0.232. The second-order valence-corrected chi connectivity index (χ2v) is 6.35. The van der Waals surface area contributed by atoms with Gasteiger partial charge in [0, 0.05) is 23.5 Å². The van der Waals surface area contributed by atoms with Crippen LogP contribution in [0.3, 0.4) is 0 Å². The van der Waals surface area contributed by atoms with Crippen molar-refractivity contribution in [1.82, 2.24) is 4.90 Å². The summed E-state index contributed by atoms with van der Waals surface area (Å²) in [6.07, 6.45) is 2.30. The Morgan fingerprint density at radius 3 is 3.15 bits per heavy atom. The average Bonchev–Trinajstić information content (AvgIpc) is 2.89. The van der Waals surface area contributed by atoms with Gasteiger partial charge in [-0.3, -0.25) is 9.69 Å². The molecule has 0 saturated carbocycles. The molecule has 1 aromatic carbocycles. The van der Waals surface area contributed by atoms with Crippen molar-refractivity contribution >= 4 is 21.7 Å². The second kappa shape index (κ2) is 5.92. The molecular formula is C15H17BrFNO2. The summed E-state index contributed by atoms with van der Waals surface area (Å²) in [5.41, 5.74) is 0.809. The minimum absolute atomic E-state index is 0.0719. The highest BCUT2D eigenvalue weighted by atomic mass is 79.9. The van der Waals surface area contributed by atoms with Gasteiger partial charge in [0.2, 0.25) is 0 Å². The Morgan fingerprint density at radius 2 is 2.35 bits per heavy atom. The summed E-state index contributed by atoms with van der Waals surface area (Å²) < 4.78 is 19.4. The minimum Gasteiger partial charge on any atom is -0.367 e. The zero-order chi connectivity index (χ0) is 14.1. The summed E-state index contributed by atoms with van der Waals surface area (Å²) in [7, 11) is 0. The summed E-state index contributed by atoms with van der Waals surface area (Å²) in [6.45, 7) is 2.42. The molecule has 2 aliphatic rings. The maximum absolute atomic E-state index is 13.0. The summed E-state index contributed by atoms with van der Waals surface area (Å²) >= 11 is 3.30. The maximum Gasteiger partial charge on any atom is 0.167 e. The first-order valence-electron chi connectivity index (χ1n) is 6.96. The monoisotopic (exact) mass is 341 g/mol. The molecule has 0 amide bonds. The number of Topliss-reactive ketones (excluding diaryl/α,β-unsaturated/α-hetero) is 1. The lowest BCUT2D eigenvalue weighted by Crippen LogP contribution is -2.49. The SMILES string of the molecule is O=C(Cc1ccc(F)cc1Br)C1CN2CCCC2CO1. The van der Waals surface area contributed by atoms with Gasteiger partial charge < -0.3 is 4.74 Å². The lowest BCUT2D eigenvalue weighted by molar-refractivity contribution is -0.137. The molecule has 0 aromatic heterocycles. The van der Waals surface area contributed by atoms with Crippen molar-refractivity contribution in [3.63, 3.8) is 0 Å². The van der Waals surface area contributed by atoms with E-state index < -0.39 is 0 Å². The number of nitrogens with zero attached hydrogens (tertiary/aromatic N) is 1. The quantitative estimate of drug-likeness (QED) is 0.846. The Kier molecular flexibility index (Phi) is 4.19. The van der Waals surface area contributed by atoms with E-state index in [2.05, 4.69) is 20.8 Å². The zero-order valence-electron chi connectivity index (χ0n) is 11.1. The molecule has 2 saturated heterocycles. The fourth-order valence-corrected chi connectivity index (χ4v) is 3.47. The average molecular weight is 342 g/mol. The molecule has 3 nitrogen and oxygen atoms in total. The van der Waals surface area contributed by atoms with E-state index in [1.54, 1.807) is 6.07 Å². The third-order valence-electron chi connectivity index (χ3n) is 4.13. The first kappa shape index (κ1) is 14.2. The number of carbonyl (C=O) groups is 1. The van der Waals surface area contributed by atoms with Crippen LogP contribution >= 0.6 is 15.9 Å². The predicted molar refractivity (Wildman–Crippen MR) is 77.1 cm³/mol. The van der Waals surface area contributed by atoms with E-state index in [1.165, 1.54) is 25.0 Å². The highest BCUT2D eigenvalue weighted by Crippen LogP contribution is 2.24. The topological polar surface area (TPSA) is 29.5 Å². The van der Waals surface area contributed by atoms with Gasteiger partial charge >= 0.3 is 0 Å². The van der Waals surface area contributed by atoms with E-state index in [1.807, 2.05) is 0 Å². The van der Waals surface area contributed by atoms with Crippen LogP contribution in [0.5, 0.6) is 0 Å². The van der Waals surface area contributed by atoms with Gasteiger partial charge in [-0.2, -0.15) is 0 Å². The van der Waals surface area contributed by atoms with Crippen LogP contribution in [0.25, 0.3) is 0 Å². The summed E-state index contributed by atoms with van der Waals surface area (Å²) in [4.78, 5) is 14.7. The molecule has 2 aliphatic heterocycles. The van der Waals surface area contributed by atoms with Crippen molar-refractivity contribution < 1.29 is 13.9 Å². The molecule has 2 fully saturated rings. The molecule has 20 heavy (non-hydrogen) atoms. The maximum atomic E-state index is 13.0. The molecule has 0 aliphatic carbocycles. The van der Waals surface area contributed by atoms with Crippen LogP contribution in [0, 0.1) is 5.82 Å². The first-order chi connectivity index (χ1) is 9.63. The van der Waals surface area contributed by atoms with E-state index in [0.29, 0.717) is 23.7 Å². The van der Waals surface area contributed by atoms with Crippen LogP contribution in [0.2, 0.25) is 0 Å². The van der Waals surface area contributed by atoms with Crippen molar-refractivity contribution in [3.8, 4) is 0 Å². The number of morpholine rings is 1. The molecule has 0 radical (unpaired) electrons. The first-order valence-corrected chi connectivity index (χ1v) is 7.75. The van der Waals surface area contributed by atoms with E-state index >= 15 is 0 Å². The predicted octanol–water partition coefficient (Wildman–Crippen LogP) is 2.56. The molecule has 2 unspecified atom stereocenters. The van der Waals surface area contributed by atoms with E-state index in [4.69, 9.17) is 4.74 Å². The van der Waals surface area contributed by atoms with Crippen LogP contribution in [-0.4, -0.2) is 42.5 Å². The summed E-state index contributed by atoms with van der Waals surface area (Å²) in [6, 6.07) is 4.92. The lowest BCUT2D eigenvalue weighted by atomic mass is 10.0. The van der Waals surface area contributed by atoms with Crippen LogP contribution in [0.4, 0.5) is 4.39 Å². The molecule has 5 heteroatoms. The number of hydrogen-bond donors (Lipinski definition) is 0. The molecule has 2 heterocycles. The highest BCUT2D eigenvalue weighted by molar-refractivity contribution is 9.10. The van der Waals surface area contributed by atoms with Gasteiger partial charge in [-0.15, -0.1) is 0 Å². The van der Waals surface area contributed by atoms with Gasteiger partial charge in [0.25, 0.3) is 0 Å². The lowest BCUT2D eigenvalue weighted by Gasteiger charge is -2.34. The molecule has 1 aromatic rings. The van der Waals surface area contributed by atoms with Crippen molar-refractivity contribution in [3.05, 3.63) is 34.1 Å². The third kappa shape index (κ3) is 2.95. The Bertz CT molecular complexity index is 523. The van der Waals surface area contributed by atoms with Gasteiger partial charge in [-0.1, -0.05) is 22.0 Å². The van der Waals surface area contributed by atoms with Crippen LogP contribution in [0.1, 0.15) is 18.4 Å². The van der Waals surface area contributed by atoms with Crippen molar-refractivity contribution in [2.75, 3.05) is 19.7 Å². The second-order valence-electron chi connectivity index (χ2n) is 5.49. The molecule has 3 rings (SSSR count). The Morgan fingerprint density at radius 1 is 1.50 bits per heavy atom. The van der Waals surface area contributed by atoms with Crippen LogP contribution < -0.4 is 0 Å². The largest absolute Gasteiger partial charge is 0.367 e. The third-order valence-corrected chi connectivity index (χ3v) is 4.87. The Hall–Kier alpha value is -0.780. The number of carbonyl (C=O) groups excluding carboxylic acids is 1. The molecule has 0 N–H and O–H groups in total. The van der Waals surface area contributed by atoms with Gasteiger partial charge in [0.05, 0.1) is 6.61 Å².